The van der Waals surface area contributed by atoms with Crippen molar-refractivity contribution in [2.45, 2.75) is 11.3 Å². The van der Waals surface area contributed by atoms with Crippen LogP contribution in [0.25, 0.3) is 0 Å². The molecule has 6 nitrogen and oxygen atoms in total. The number of hydrogen-bond donors (Lipinski definition) is 2. The maximum Gasteiger partial charge on any atom is 0.337 e. The molecule has 1 saturated heterocycles. The molecule has 1 aromatic rings. The third kappa shape index (κ3) is 3.56. The number of ether oxygens (including phenoxy) is 1. The number of carbonyl (C=O) groups is 1. The van der Waals surface area contributed by atoms with E-state index >= 15 is 0 Å². The first-order chi connectivity index (χ1) is 9.53. The van der Waals surface area contributed by atoms with E-state index in [0.29, 0.717) is 18.0 Å². The summed E-state index contributed by atoms with van der Waals surface area (Å²) in [5.41, 5.74) is 0.325. The van der Waals surface area contributed by atoms with Gasteiger partial charge < -0.3 is 10.1 Å². The highest BCUT2D eigenvalue weighted by atomic mass is 32.2. The molecule has 110 valence electrons. The smallest absolute Gasteiger partial charge is 0.337 e. The van der Waals surface area contributed by atoms with Crippen LogP contribution in [-0.2, 0) is 14.8 Å². The van der Waals surface area contributed by atoms with Crippen molar-refractivity contribution in [1.29, 1.82) is 0 Å². The molecule has 0 spiro atoms. The number of hydrogen-bond acceptors (Lipinski definition) is 5. The van der Waals surface area contributed by atoms with Crippen LogP contribution in [0.15, 0.2) is 29.2 Å². The summed E-state index contributed by atoms with van der Waals surface area (Å²) in [5, 5.41) is 3.19. The van der Waals surface area contributed by atoms with E-state index in [0.717, 1.165) is 19.5 Å². The molecule has 2 N–H and O–H groups in total. The fraction of sp³-hybridized carbons (Fsp3) is 0.462. The van der Waals surface area contributed by atoms with Crippen molar-refractivity contribution in [2.24, 2.45) is 5.92 Å². The average molecular weight is 298 g/mol. The van der Waals surface area contributed by atoms with E-state index < -0.39 is 16.0 Å². The molecule has 1 aliphatic heterocycles. The summed E-state index contributed by atoms with van der Waals surface area (Å²) >= 11 is 0. The Labute approximate surface area is 118 Å². The number of methoxy groups -OCH3 is 1. The summed E-state index contributed by atoms with van der Waals surface area (Å²) < 4.78 is 31.3. The molecule has 1 aliphatic rings. The second kappa shape index (κ2) is 6.34. The van der Waals surface area contributed by atoms with Gasteiger partial charge in [0.25, 0.3) is 0 Å². The van der Waals surface area contributed by atoms with Gasteiger partial charge in [0.1, 0.15) is 0 Å². The van der Waals surface area contributed by atoms with Crippen molar-refractivity contribution in [1.82, 2.24) is 10.0 Å². The molecule has 1 heterocycles. The van der Waals surface area contributed by atoms with Crippen molar-refractivity contribution in [3.63, 3.8) is 0 Å². The Morgan fingerprint density at radius 2 is 2.10 bits per heavy atom. The number of esters is 1. The Hall–Kier alpha value is -1.44. The van der Waals surface area contributed by atoms with Crippen LogP contribution in [0.2, 0.25) is 0 Å². The Morgan fingerprint density at radius 3 is 2.65 bits per heavy atom. The van der Waals surface area contributed by atoms with Gasteiger partial charge in [0.15, 0.2) is 0 Å². The highest BCUT2D eigenvalue weighted by molar-refractivity contribution is 7.89. The summed E-state index contributed by atoms with van der Waals surface area (Å²) in [6.07, 6.45) is 0.976. The molecule has 0 saturated carbocycles. The predicted octanol–water partition coefficient (Wildman–Crippen LogP) is 0.361. The van der Waals surface area contributed by atoms with Crippen molar-refractivity contribution in [3.05, 3.63) is 29.8 Å². The molecule has 20 heavy (non-hydrogen) atoms. The van der Waals surface area contributed by atoms with E-state index in [4.69, 9.17) is 0 Å². The van der Waals surface area contributed by atoms with E-state index in [9.17, 15) is 13.2 Å². The molecule has 0 aromatic heterocycles. The molecule has 0 amide bonds. The third-order valence-electron chi connectivity index (χ3n) is 3.31. The lowest BCUT2D eigenvalue weighted by Crippen LogP contribution is -2.30. The Morgan fingerprint density at radius 1 is 1.40 bits per heavy atom. The molecular weight excluding hydrogens is 280 g/mol. The maximum atomic E-state index is 12.1. The van der Waals surface area contributed by atoms with Crippen LogP contribution >= 0.6 is 0 Å². The van der Waals surface area contributed by atoms with Crippen LogP contribution in [0.5, 0.6) is 0 Å². The van der Waals surface area contributed by atoms with E-state index in [1.54, 1.807) is 0 Å². The Bertz CT molecular complexity index is 563. The van der Waals surface area contributed by atoms with Gasteiger partial charge in [-0.3, -0.25) is 0 Å². The number of nitrogens with one attached hydrogen (secondary N) is 2. The van der Waals surface area contributed by atoms with Crippen molar-refractivity contribution < 1.29 is 17.9 Å². The van der Waals surface area contributed by atoms with Gasteiger partial charge in [-0.1, -0.05) is 0 Å². The van der Waals surface area contributed by atoms with Gasteiger partial charge >= 0.3 is 5.97 Å². The quantitative estimate of drug-likeness (QED) is 0.767. The lowest BCUT2D eigenvalue weighted by Gasteiger charge is -2.11. The second-order valence-corrected chi connectivity index (χ2v) is 6.49. The molecule has 1 unspecified atom stereocenters. The fourth-order valence-corrected chi connectivity index (χ4v) is 3.20. The van der Waals surface area contributed by atoms with Crippen LogP contribution in [0.3, 0.4) is 0 Å². The standard InChI is InChI=1S/C13H18N2O4S/c1-19-13(16)11-2-4-12(5-3-11)20(17,18)15-9-10-6-7-14-8-10/h2-5,10,14-15H,6-9H2,1H3. The number of rotatable bonds is 5. The largest absolute Gasteiger partial charge is 0.465 e. The highest BCUT2D eigenvalue weighted by Gasteiger charge is 2.19. The predicted molar refractivity (Wildman–Crippen MR) is 73.9 cm³/mol. The number of benzene rings is 1. The summed E-state index contributed by atoms with van der Waals surface area (Å²) in [5.74, 6) is -0.155. The van der Waals surface area contributed by atoms with Gasteiger partial charge in [-0.2, -0.15) is 0 Å². The molecule has 0 aliphatic carbocycles. The summed E-state index contributed by atoms with van der Waals surface area (Å²) in [4.78, 5) is 11.4. The first kappa shape index (κ1) is 15.0. The summed E-state index contributed by atoms with van der Waals surface area (Å²) in [6.45, 7) is 2.19. The minimum atomic E-state index is -3.53. The molecule has 1 aromatic carbocycles. The first-order valence-corrected chi connectivity index (χ1v) is 7.90. The van der Waals surface area contributed by atoms with Gasteiger partial charge in [-0.15, -0.1) is 0 Å². The summed E-state index contributed by atoms with van der Waals surface area (Å²) in [6, 6.07) is 5.69. The zero-order valence-electron chi connectivity index (χ0n) is 11.3. The zero-order valence-corrected chi connectivity index (χ0v) is 12.1. The number of sulfonamides is 1. The SMILES string of the molecule is COC(=O)c1ccc(S(=O)(=O)NCC2CCNC2)cc1. The maximum absolute atomic E-state index is 12.1. The van der Waals surface area contributed by atoms with Gasteiger partial charge in [0, 0.05) is 6.54 Å². The number of carbonyl (C=O) groups excluding carboxylic acids is 1. The molecule has 2 rings (SSSR count). The second-order valence-electron chi connectivity index (χ2n) is 4.73. The van der Waals surface area contributed by atoms with Gasteiger partial charge in [0.2, 0.25) is 10.0 Å². The van der Waals surface area contributed by atoms with E-state index in [1.807, 2.05) is 0 Å². The van der Waals surface area contributed by atoms with E-state index in [-0.39, 0.29) is 4.90 Å². The monoisotopic (exact) mass is 298 g/mol. The average Bonchev–Trinajstić information content (AvgIpc) is 2.98. The molecule has 1 atom stereocenters. The van der Waals surface area contributed by atoms with Gasteiger partial charge in [-0.05, 0) is 49.7 Å². The van der Waals surface area contributed by atoms with Crippen LogP contribution in [0.4, 0.5) is 0 Å². The lowest BCUT2D eigenvalue weighted by atomic mass is 10.1. The molecular formula is C13H18N2O4S. The topological polar surface area (TPSA) is 84.5 Å². The molecule has 1 fully saturated rings. The van der Waals surface area contributed by atoms with Gasteiger partial charge in [0.05, 0.1) is 17.6 Å². The Kier molecular flexibility index (Phi) is 4.74. The zero-order chi connectivity index (χ0) is 14.6. The normalized spacial score (nSPS) is 18.9. The van der Waals surface area contributed by atoms with E-state index in [1.165, 1.54) is 31.4 Å². The van der Waals surface area contributed by atoms with Crippen LogP contribution in [0, 0.1) is 5.92 Å². The molecule has 0 bridgehead atoms. The molecule has 7 heteroatoms. The highest BCUT2D eigenvalue weighted by Crippen LogP contribution is 2.13. The van der Waals surface area contributed by atoms with E-state index in [2.05, 4.69) is 14.8 Å². The third-order valence-corrected chi connectivity index (χ3v) is 4.75. The summed E-state index contributed by atoms with van der Waals surface area (Å²) in [7, 11) is -2.24. The molecule has 0 radical (unpaired) electrons. The van der Waals surface area contributed by atoms with Crippen molar-refractivity contribution >= 4 is 16.0 Å². The fourth-order valence-electron chi connectivity index (χ4n) is 2.09. The Balaban J connectivity index is 2.03. The van der Waals surface area contributed by atoms with Gasteiger partial charge in [-0.25, -0.2) is 17.9 Å². The minimum absolute atomic E-state index is 0.149. The van der Waals surface area contributed by atoms with Crippen LogP contribution < -0.4 is 10.0 Å². The first-order valence-electron chi connectivity index (χ1n) is 6.41. The lowest BCUT2D eigenvalue weighted by molar-refractivity contribution is 0.0600. The van der Waals surface area contributed by atoms with Crippen molar-refractivity contribution in [3.8, 4) is 0 Å². The van der Waals surface area contributed by atoms with Crippen LogP contribution in [-0.4, -0.2) is 41.1 Å². The minimum Gasteiger partial charge on any atom is -0.465 e. The van der Waals surface area contributed by atoms with Crippen LogP contribution in [0.1, 0.15) is 16.8 Å². The van der Waals surface area contributed by atoms with Crippen molar-refractivity contribution in [2.75, 3.05) is 26.7 Å².